The molecule has 0 bridgehead atoms. The summed E-state index contributed by atoms with van der Waals surface area (Å²) in [5, 5.41) is 0.843. The van der Waals surface area contributed by atoms with Crippen LogP contribution in [0.5, 0.6) is 0 Å². The maximum Gasteiger partial charge on any atom is 0.236 e. The van der Waals surface area contributed by atoms with Gasteiger partial charge in [0.15, 0.2) is 17.5 Å². The number of fused-ring (bicyclic) bond motifs is 1. The van der Waals surface area contributed by atoms with E-state index in [1.807, 2.05) is 53.4 Å². The van der Waals surface area contributed by atoms with Crippen LogP contribution in [-0.2, 0) is 11.3 Å². The number of thioether (sulfide) groups is 1. The van der Waals surface area contributed by atoms with E-state index in [2.05, 4.69) is 6.92 Å². The maximum atomic E-state index is 13.8. The highest BCUT2D eigenvalue weighted by Crippen LogP contribution is 2.36. The molecule has 3 atom stereocenters. The number of alkyl halides is 2. The third-order valence-corrected chi connectivity index (χ3v) is 7.20. The first-order chi connectivity index (χ1) is 15.5. The third kappa shape index (κ3) is 5.09. The normalized spacial score (nSPS) is 21.3. The van der Waals surface area contributed by atoms with Crippen molar-refractivity contribution in [2.75, 3.05) is 18.0 Å². The van der Waals surface area contributed by atoms with Crippen molar-refractivity contribution < 1.29 is 13.6 Å². The van der Waals surface area contributed by atoms with Gasteiger partial charge in [-0.25, -0.2) is 13.8 Å². The van der Waals surface area contributed by atoms with E-state index in [1.165, 1.54) is 16.7 Å². The Labute approximate surface area is 196 Å². The van der Waals surface area contributed by atoms with Crippen LogP contribution in [0.15, 0.2) is 53.5 Å². The van der Waals surface area contributed by atoms with E-state index in [0.29, 0.717) is 23.2 Å². The molecule has 0 saturated carbocycles. The molecule has 8 heteroatoms. The predicted molar refractivity (Wildman–Crippen MR) is 128 cm³/mol. The zero-order valence-electron chi connectivity index (χ0n) is 17.9. The molecule has 1 unspecified atom stereocenters. The van der Waals surface area contributed by atoms with Crippen LogP contribution in [-0.4, -0.2) is 46.7 Å². The Morgan fingerprint density at radius 2 is 1.94 bits per heavy atom. The number of nitrogens with zero attached hydrogens (tertiary/aromatic N) is 3. The van der Waals surface area contributed by atoms with Crippen molar-refractivity contribution in [1.29, 1.82) is 0 Å². The lowest BCUT2D eigenvalue weighted by molar-refractivity contribution is -0.130. The lowest BCUT2D eigenvalue weighted by Crippen LogP contribution is -2.39. The number of carbonyl (C=O) groups excluding carboxylic acids is 1. The van der Waals surface area contributed by atoms with Crippen molar-refractivity contribution in [1.82, 2.24) is 4.90 Å². The SMILES string of the molecule is CCCCC(SC1=Nc2ccccc2CN1c1cccc(Cl)c1)C(=O)N1C[C@H](F)[C@@H](F)C1. The van der Waals surface area contributed by atoms with Gasteiger partial charge >= 0.3 is 0 Å². The zero-order valence-corrected chi connectivity index (χ0v) is 19.5. The van der Waals surface area contributed by atoms with Gasteiger partial charge in [0.05, 0.1) is 30.6 Å². The summed E-state index contributed by atoms with van der Waals surface area (Å²) in [5.74, 6) is -0.223. The number of likely N-dealkylation sites (tertiary alicyclic amines) is 1. The highest BCUT2D eigenvalue weighted by molar-refractivity contribution is 8.15. The number of anilines is 1. The van der Waals surface area contributed by atoms with Crippen LogP contribution >= 0.6 is 23.4 Å². The number of para-hydroxylation sites is 1. The van der Waals surface area contributed by atoms with Crippen molar-refractivity contribution in [2.24, 2.45) is 4.99 Å². The molecule has 32 heavy (non-hydrogen) atoms. The second-order valence-electron chi connectivity index (χ2n) is 8.11. The van der Waals surface area contributed by atoms with Crippen LogP contribution in [0.1, 0.15) is 31.7 Å². The van der Waals surface area contributed by atoms with Gasteiger partial charge in [-0.1, -0.05) is 67.4 Å². The number of halogens is 3. The highest BCUT2D eigenvalue weighted by Gasteiger charge is 2.39. The van der Waals surface area contributed by atoms with Gasteiger partial charge in [-0.3, -0.25) is 4.79 Å². The molecule has 0 N–H and O–H groups in total. The van der Waals surface area contributed by atoms with E-state index < -0.39 is 17.6 Å². The monoisotopic (exact) mass is 477 g/mol. The molecule has 4 nitrogen and oxygen atoms in total. The number of aliphatic imine (C=N–C) groups is 1. The zero-order chi connectivity index (χ0) is 22.7. The Balaban J connectivity index is 1.64. The second-order valence-corrected chi connectivity index (χ2v) is 9.72. The number of amides is 1. The standard InChI is InChI=1S/C24H26ClF2N3OS/c1-2-3-11-22(23(31)29-14-19(26)20(27)15-29)32-24-28-21-10-5-4-7-16(21)13-30(24)18-9-6-8-17(25)12-18/h4-10,12,19-20,22H,2-3,11,13-15H2,1H3/t19-,20-,22?/m0/s1. The molecular weight excluding hydrogens is 452 g/mol. The molecule has 1 amide bonds. The van der Waals surface area contributed by atoms with Crippen molar-refractivity contribution >= 4 is 45.8 Å². The average molecular weight is 478 g/mol. The number of amidine groups is 1. The first-order valence-electron chi connectivity index (χ1n) is 10.9. The highest BCUT2D eigenvalue weighted by atomic mass is 35.5. The maximum absolute atomic E-state index is 13.8. The molecule has 2 aliphatic rings. The summed E-state index contributed by atoms with van der Waals surface area (Å²) in [6.07, 6.45) is -0.838. The van der Waals surface area contributed by atoms with E-state index in [4.69, 9.17) is 16.6 Å². The van der Waals surface area contributed by atoms with Crippen LogP contribution in [0.3, 0.4) is 0 Å². The molecule has 2 aliphatic heterocycles. The fourth-order valence-electron chi connectivity index (χ4n) is 3.95. The van der Waals surface area contributed by atoms with Gasteiger partial charge in [-0.05, 0) is 36.2 Å². The van der Waals surface area contributed by atoms with Crippen molar-refractivity contribution in [3.05, 3.63) is 59.1 Å². The fourth-order valence-corrected chi connectivity index (χ4v) is 5.37. The summed E-state index contributed by atoms with van der Waals surface area (Å²) < 4.78 is 27.5. The molecule has 2 heterocycles. The van der Waals surface area contributed by atoms with Gasteiger partial charge in [-0.15, -0.1) is 0 Å². The summed E-state index contributed by atoms with van der Waals surface area (Å²) >= 11 is 7.62. The number of rotatable bonds is 6. The summed E-state index contributed by atoms with van der Waals surface area (Å²) in [4.78, 5) is 21.5. The predicted octanol–water partition coefficient (Wildman–Crippen LogP) is 6.16. The van der Waals surface area contributed by atoms with Crippen molar-refractivity contribution in [3.8, 4) is 0 Å². The topological polar surface area (TPSA) is 35.9 Å². The molecule has 2 aromatic carbocycles. The Morgan fingerprint density at radius 1 is 1.19 bits per heavy atom. The number of benzene rings is 2. The van der Waals surface area contributed by atoms with Crippen LogP contribution in [0.25, 0.3) is 0 Å². The van der Waals surface area contributed by atoms with E-state index in [9.17, 15) is 13.6 Å². The Hall–Kier alpha value is -2.12. The Kier molecular flexibility index (Phi) is 7.36. The molecule has 0 radical (unpaired) electrons. The largest absolute Gasteiger partial charge is 0.336 e. The quantitative estimate of drug-likeness (QED) is 0.500. The second kappa shape index (κ2) is 10.2. The van der Waals surface area contributed by atoms with Gasteiger partial charge in [0.2, 0.25) is 5.91 Å². The lowest BCUT2D eigenvalue weighted by atomic mass is 10.1. The Bertz CT molecular complexity index is 995. The molecule has 2 aromatic rings. The number of carbonyl (C=O) groups is 1. The average Bonchev–Trinajstić information content (AvgIpc) is 3.13. The number of hydrogen-bond donors (Lipinski definition) is 0. The molecule has 0 aromatic heterocycles. The minimum Gasteiger partial charge on any atom is -0.336 e. The van der Waals surface area contributed by atoms with Crippen molar-refractivity contribution in [3.63, 3.8) is 0 Å². The Morgan fingerprint density at radius 3 is 2.66 bits per heavy atom. The molecule has 0 aliphatic carbocycles. The van der Waals surface area contributed by atoms with Gasteiger partial charge in [0, 0.05) is 10.7 Å². The molecular formula is C24H26ClF2N3OS. The summed E-state index contributed by atoms with van der Waals surface area (Å²) in [7, 11) is 0. The first-order valence-corrected chi connectivity index (χ1v) is 12.1. The van der Waals surface area contributed by atoms with E-state index in [1.54, 1.807) is 0 Å². The van der Waals surface area contributed by atoms with Crippen molar-refractivity contribution in [2.45, 2.75) is 50.3 Å². The number of hydrogen-bond acceptors (Lipinski definition) is 4. The molecule has 0 spiro atoms. The fraction of sp³-hybridized carbons (Fsp3) is 0.417. The van der Waals surface area contributed by atoms with Crippen LogP contribution in [0.4, 0.5) is 20.2 Å². The van der Waals surface area contributed by atoms with E-state index >= 15 is 0 Å². The van der Waals surface area contributed by atoms with E-state index in [0.717, 1.165) is 29.8 Å². The van der Waals surface area contributed by atoms with Gasteiger partial charge in [-0.2, -0.15) is 0 Å². The minimum absolute atomic E-state index is 0.184. The molecule has 170 valence electrons. The van der Waals surface area contributed by atoms with Crippen LogP contribution in [0.2, 0.25) is 5.02 Å². The minimum atomic E-state index is -1.61. The number of unbranched alkanes of at least 4 members (excludes halogenated alkanes) is 1. The molecule has 1 fully saturated rings. The van der Waals surface area contributed by atoms with Gasteiger partial charge < -0.3 is 9.80 Å². The summed E-state index contributed by atoms with van der Waals surface area (Å²) in [6.45, 7) is 2.29. The van der Waals surface area contributed by atoms with Crippen LogP contribution < -0.4 is 4.90 Å². The molecule has 1 saturated heterocycles. The summed E-state index contributed by atoms with van der Waals surface area (Å²) in [6, 6.07) is 15.4. The van der Waals surface area contributed by atoms with Crippen LogP contribution in [0, 0.1) is 0 Å². The van der Waals surface area contributed by atoms with Gasteiger partial charge in [0.1, 0.15) is 0 Å². The third-order valence-electron chi connectivity index (χ3n) is 5.72. The smallest absolute Gasteiger partial charge is 0.236 e. The van der Waals surface area contributed by atoms with E-state index in [-0.39, 0.29) is 19.0 Å². The molecule has 4 rings (SSSR count). The lowest BCUT2D eigenvalue weighted by Gasteiger charge is -2.32. The van der Waals surface area contributed by atoms with Gasteiger partial charge in [0.25, 0.3) is 0 Å². The summed E-state index contributed by atoms with van der Waals surface area (Å²) in [5.41, 5.74) is 2.82. The first kappa shape index (κ1) is 23.1.